The second-order valence-corrected chi connectivity index (χ2v) is 8.89. The number of hydrogen-bond acceptors (Lipinski definition) is 6. The molecule has 186 valence electrons. The molecule has 1 aromatic carbocycles. The van der Waals surface area contributed by atoms with Crippen LogP contribution in [0.4, 0.5) is 10.1 Å². The lowest BCUT2D eigenvalue weighted by atomic mass is 9.95. The predicted molar refractivity (Wildman–Crippen MR) is 139 cm³/mol. The van der Waals surface area contributed by atoms with Crippen molar-refractivity contribution in [2.45, 2.75) is 19.9 Å². The molecule has 1 fully saturated rings. The number of pyridine rings is 1. The zero-order valence-electron chi connectivity index (χ0n) is 20.4. The standard InChI is InChI=1S/C27H29FN6O2/c1-4-24(33-22(13-29-3)16(2)17-8-10-36-15-17)32-21-6-5-19(20-12-31-27(35)26(20)21)23-14-30-25-11-18(28)7-9-34(23)25/h4-7,9,11,14,17,29,32H,2,8,10,12-13,15H2,1,3H3,(H,31,35)/b24-4-,33-22?/t17-/m0/s1. The first kappa shape index (κ1) is 23.9. The molecule has 0 unspecified atom stereocenters. The number of halogens is 1. The number of amides is 1. The molecule has 1 amide bonds. The van der Waals surface area contributed by atoms with Crippen LogP contribution in [0.1, 0.15) is 29.3 Å². The minimum atomic E-state index is -0.346. The number of ether oxygens (including phenoxy) is 1. The normalized spacial score (nSPS) is 18.0. The summed E-state index contributed by atoms with van der Waals surface area (Å²) in [5, 5.41) is 9.45. The minimum Gasteiger partial charge on any atom is -0.381 e. The lowest BCUT2D eigenvalue weighted by Gasteiger charge is -2.17. The molecule has 2 aliphatic rings. The van der Waals surface area contributed by atoms with E-state index in [0.717, 1.165) is 41.1 Å². The van der Waals surface area contributed by atoms with Gasteiger partial charge in [-0.1, -0.05) is 12.6 Å². The molecule has 1 atom stereocenters. The molecule has 3 aromatic rings. The fourth-order valence-electron chi connectivity index (χ4n) is 4.73. The maximum atomic E-state index is 13.7. The van der Waals surface area contributed by atoms with E-state index in [1.807, 2.05) is 36.6 Å². The Hall–Kier alpha value is -3.82. The minimum absolute atomic E-state index is 0.156. The van der Waals surface area contributed by atoms with Crippen LogP contribution in [-0.4, -0.2) is 47.8 Å². The molecule has 8 nitrogen and oxygen atoms in total. The average molecular weight is 489 g/mol. The van der Waals surface area contributed by atoms with Crippen molar-refractivity contribution < 1.29 is 13.9 Å². The monoisotopic (exact) mass is 488 g/mol. The molecule has 0 saturated carbocycles. The molecular weight excluding hydrogens is 459 g/mol. The zero-order chi connectivity index (χ0) is 25.2. The second-order valence-electron chi connectivity index (χ2n) is 8.89. The van der Waals surface area contributed by atoms with Gasteiger partial charge >= 0.3 is 0 Å². The highest BCUT2D eigenvalue weighted by Gasteiger charge is 2.28. The van der Waals surface area contributed by atoms with Crippen LogP contribution in [0.3, 0.4) is 0 Å². The first-order chi connectivity index (χ1) is 17.5. The summed E-state index contributed by atoms with van der Waals surface area (Å²) in [5.74, 6) is 0.377. The van der Waals surface area contributed by atoms with Crippen LogP contribution in [0.5, 0.6) is 0 Å². The van der Waals surface area contributed by atoms with Crippen LogP contribution in [0.2, 0.25) is 0 Å². The number of carbonyl (C=O) groups is 1. The van der Waals surface area contributed by atoms with Crippen LogP contribution in [-0.2, 0) is 11.3 Å². The van der Waals surface area contributed by atoms with Gasteiger partial charge in [0, 0.05) is 43.4 Å². The van der Waals surface area contributed by atoms with E-state index in [-0.39, 0.29) is 17.6 Å². The van der Waals surface area contributed by atoms with Gasteiger partial charge in [-0.2, -0.15) is 0 Å². The van der Waals surface area contributed by atoms with E-state index in [0.29, 0.717) is 42.4 Å². The number of benzene rings is 1. The molecule has 0 aliphatic carbocycles. The zero-order valence-corrected chi connectivity index (χ0v) is 20.4. The Bertz CT molecular complexity index is 1400. The number of imidazole rings is 1. The molecule has 2 aromatic heterocycles. The Morgan fingerprint density at radius 1 is 1.42 bits per heavy atom. The lowest BCUT2D eigenvalue weighted by Crippen LogP contribution is -2.24. The van der Waals surface area contributed by atoms with Crippen molar-refractivity contribution in [3.63, 3.8) is 0 Å². The third-order valence-corrected chi connectivity index (χ3v) is 6.65. The number of carbonyl (C=O) groups excluding carboxylic acids is 1. The molecule has 2 aliphatic heterocycles. The van der Waals surface area contributed by atoms with E-state index in [1.165, 1.54) is 12.1 Å². The summed E-state index contributed by atoms with van der Waals surface area (Å²) in [7, 11) is 1.88. The summed E-state index contributed by atoms with van der Waals surface area (Å²) in [5.41, 5.74) is 6.07. The topological polar surface area (TPSA) is 92.0 Å². The summed E-state index contributed by atoms with van der Waals surface area (Å²) in [6.45, 7) is 8.55. The molecule has 9 heteroatoms. The average Bonchev–Trinajstić information content (AvgIpc) is 3.63. The maximum Gasteiger partial charge on any atom is 0.254 e. The molecular formula is C27H29FN6O2. The number of nitrogens with zero attached hydrogens (tertiary/aromatic N) is 3. The molecule has 3 N–H and O–H groups in total. The molecule has 0 bridgehead atoms. The number of hydrogen-bond donors (Lipinski definition) is 3. The maximum absolute atomic E-state index is 13.7. The Balaban J connectivity index is 1.49. The Morgan fingerprint density at radius 2 is 2.28 bits per heavy atom. The van der Waals surface area contributed by atoms with Crippen molar-refractivity contribution in [1.82, 2.24) is 20.0 Å². The SMILES string of the molecule is C=C(C(CNC)=N/C(=C\C)Nc1ccc(-c2cnc3cc(F)ccn23)c2c1C(=O)NC2)[C@H]1CCOC1. The quantitative estimate of drug-likeness (QED) is 0.418. The predicted octanol–water partition coefficient (Wildman–Crippen LogP) is 3.91. The van der Waals surface area contributed by atoms with Crippen LogP contribution < -0.4 is 16.0 Å². The van der Waals surface area contributed by atoms with Crippen molar-refractivity contribution in [3.05, 3.63) is 77.7 Å². The fraction of sp³-hybridized carbons (Fsp3) is 0.296. The highest BCUT2D eigenvalue weighted by atomic mass is 19.1. The van der Waals surface area contributed by atoms with Gasteiger partial charge in [-0.25, -0.2) is 14.4 Å². The van der Waals surface area contributed by atoms with Crippen molar-refractivity contribution in [2.24, 2.45) is 10.9 Å². The highest BCUT2D eigenvalue weighted by Crippen LogP contribution is 2.35. The molecule has 1 saturated heterocycles. The van der Waals surface area contributed by atoms with Crippen molar-refractivity contribution >= 4 is 23.0 Å². The fourth-order valence-corrected chi connectivity index (χ4v) is 4.73. The van der Waals surface area contributed by atoms with Gasteiger partial charge in [-0.3, -0.25) is 9.20 Å². The van der Waals surface area contributed by atoms with Gasteiger partial charge in [0.2, 0.25) is 0 Å². The number of aliphatic imine (C=N–C) groups is 1. The van der Waals surface area contributed by atoms with Gasteiger partial charge < -0.3 is 20.7 Å². The molecule has 0 spiro atoms. The van der Waals surface area contributed by atoms with E-state index >= 15 is 0 Å². The number of nitrogens with one attached hydrogen (secondary N) is 3. The van der Waals surface area contributed by atoms with E-state index in [1.54, 1.807) is 12.4 Å². The summed E-state index contributed by atoms with van der Waals surface area (Å²) in [6, 6.07) is 6.60. The number of aromatic nitrogens is 2. The Labute approximate surface area is 209 Å². The molecule has 4 heterocycles. The number of rotatable bonds is 8. The number of anilines is 1. The Morgan fingerprint density at radius 3 is 3.03 bits per heavy atom. The van der Waals surface area contributed by atoms with Gasteiger partial charge in [0.25, 0.3) is 5.91 Å². The van der Waals surface area contributed by atoms with Crippen molar-refractivity contribution in [3.8, 4) is 11.3 Å². The summed E-state index contributed by atoms with van der Waals surface area (Å²) in [6.07, 6.45) is 6.16. The van der Waals surface area contributed by atoms with Gasteiger partial charge in [0.1, 0.15) is 17.3 Å². The largest absolute Gasteiger partial charge is 0.381 e. The van der Waals surface area contributed by atoms with Crippen LogP contribution in [0.25, 0.3) is 16.9 Å². The van der Waals surface area contributed by atoms with Gasteiger partial charge in [0.15, 0.2) is 0 Å². The van der Waals surface area contributed by atoms with Gasteiger partial charge in [-0.05, 0) is 49.7 Å². The lowest BCUT2D eigenvalue weighted by molar-refractivity contribution is 0.0966. The van der Waals surface area contributed by atoms with E-state index in [2.05, 4.69) is 27.5 Å². The second kappa shape index (κ2) is 10.0. The molecule has 5 rings (SSSR count). The molecule has 36 heavy (non-hydrogen) atoms. The number of fused-ring (bicyclic) bond motifs is 2. The third kappa shape index (κ3) is 4.43. The van der Waals surface area contributed by atoms with Crippen LogP contribution >= 0.6 is 0 Å². The van der Waals surface area contributed by atoms with E-state index in [4.69, 9.17) is 9.73 Å². The van der Waals surface area contributed by atoms with Crippen molar-refractivity contribution in [2.75, 3.05) is 32.1 Å². The summed E-state index contributed by atoms with van der Waals surface area (Å²) < 4.78 is 21.0. The smallest absolute Gasteiger partial charge is 0.254 e. The van der Waals surface area contributed by atoms with E-state index in [9.17, 15) is 9.18 Å². The first-order valence-electron chi connectivity index (χ1n) is 12.0. The van der Waals surface area contributed by atoms with Gasteiger partial charge in [-0.15, -0.1) is 0 Å². The summed E-state index contributed by atoms with van der Waals surface area (Å²) in [4.78, 5) is 22.1. The van der Waals surface area contributed by atoms with Crippen LogP contribution in [0, 0.1) is 11.7 Å². The van der Waals surface area contributed by atoms with Crippen molar-refractivity contribution in [1.29, 1.82) is 0 Å². The van der Waals surface area contributed by atoms with Crippen LogP contribution in [0.15, 0.2) is 65.7 Å². The first-order valence-corrected chi connectivity index (χ1v) is 12.0. The van der Waals surface area contributed by atoms with E-state index < -0.39 is 0 Å². The molecule has 0 radical (unpaired) electrons. The summed E-state index contributed by atoms with van der Waals surface area (Å²) >= 11 is 0. The Kier molecular flexibility index (Phi) is 6.67. The highest BCUT2D eigenvalue weighted by molar-refractivity contribution is 6.06. The van der Waals surface area contributed by atoms with Gasteiger partial charge in [0.05, 0.1) is 35.5 Å². The third-order valence-electron chi connectivity index (χ3n) is 6.65. The number of allylic oxidation sites excluding steroid dienone is 1.